The number of hydrogen-bond acceptors (Lipinski definition) is 5. The summed E-state index contributed by atoms with van der Waals surface area (Å²) in [6, 6.07) is 14.2. The SMILES string of the molecule is CS(=O)(=O)CC(=O)N(CCN1[C@@H]2CC[C@H]1C[C@@H](c1cccc(C(N)=O)c1)C2)Cc1ccc(F)cc1. The number of nitrogens with two attached hydrogens (primary N) is 1. The van der Waals surface area contributed by atoms with E-state index >= 15 is 0 Å². The van der Waals surface area contributed by atoms with Gasteiger partial charge in [-0.15, -0.1) is 0 Å². The molecule has 188 valence electrons. The molecule has 0 radical (unpaired) electrons. The van der Waals surface area contributed by atoms with Crippen molar-refractivity contribution < 1.29 is 22.4 Å². The van der Waals surface area contributed by atoms with Crippen LogP contribution in [-0.4, -0.2) is 67.2 Å². The lowest BCUT2D eigenvalue weighted by Gasteiger charge is -2.40. The molecule has 2 saturated heterocycles. The van der Waals surface area contributed by atoms with Crippen molar-refractivity contribution in [3.8, 4) is 0 Å². The molecule has 2 fully saturated rings. The van der Waals surface area contributed by atoms with Crippen molar-refractivity contribution in [1.82, 2.24) is 9.80 Å². The monoisotopic (exact) mass is 501 g/mol. The van der Waals surface area contributed by atoms with Gasteiger partial charge in [0, 0.05) is 43.5 Å². The first-order valence-corrected chi connectivity index (χ1v) is 14.0. The second-order valence-electron chi connectivity index (χ2n) is 9.79. The number of carbonyl (C=O) groups excluding carboxylic acids is 2. The molecule has 2 aromatic carbocycles. The second kappa shape index (κ2) is 10.5. The maximum atomic E-state index is 13.3. The fourth-order valence-electron chi connectivity index (χ4n) is 5.51. The highest BCUT2D eigenvalue weighted by Gasteiger charge is 2.41. The van der Waals surface area contributed by atoms with Gasteiger partial charge in [-0.05, 0) is 67.0 Å². The zero-order valence-electron chi connectivity index (χ0n) is 19.9. The van der Waals surface area contributed by atoms with Gasteiger partial charge >= 0.3 is 0 Å². The highest BCUT2D eigenvalue weighted by molar-refractivity contribution is 7.91. The first-order valence-electron chi connectivity index (χ1n) is 11.9. The first-order chi connectivity index (χ1) is 16.6. The van der Waals surface area contributed by atoms with E-state index in [9.17, 15) is 22.4 Å². The Balaban J connectivity index is 1.43. The van der Waals surface area contributed by atoms with E-state index in [2.05, 4.69) is 11.0 Å². The van der Waals surface area contributed by atoms with Crippen LogP contribution in [0.5, 0.6) is 0 Å². The van der Waals surface area contributed by atoms with E-state index in [1.165, 1.54) is 12.1 Å². The summed E-state index contributed by atoms with van der Waals surface area (Å²) >= 11 is 0. The van der Waals surface area contributed by atoms with Crippen molar-refractivity contribution in [2.45, 2.75) is 50.2 Å². The van der Waals surface area contributed by atoms with Gasteiger partial charge in [0.25, 0.3) is 0 Å². The average molecular weight is 502 g/mol. The summed E-state index contributed by atoms with van der Waals surface area (Å²) in [5.41, 5.74) is 7.88. The van der Waals surface area contributed by atoms with Crippen molar-refractivity contribution in [1.29, 1.82) is 0 Å². The largest absolute Gasteiger partial charge is 0.366 e. The molecule has 3 atom stereocenters. The summed E-state index contributed by atoms with van der Waals surface area (Å²) in [6.07, 6.45) is 5.14. The van der Waals surface area contributed by atoms with Gasteiger partial charge in [0.15, 0.2) is 9.84 Å². The van der Waals surface area contributed by atoms with Gasteiger partial charge in [0.1, 0.15) is 11.6 Å². The van der Waals surface area contributed by atoms with Crippen LogP contribution in [0.2, 0.25) is 0 Å². The van der Waals surface area contributed by atoms with Crippen molar-refractivity contribution >= 4 is 21.7 Å². The molecule has 0 aromatic heterocycles. The van der Waals surface area contributed by atoms with Crippen LogP contribution >= 0.6 is 0 Å². The Kier molecular flexibility index (Phi) is 7.56. The fraction of sp³-hybridized carbons (Fsp3) is 0.462. The third-order valence-electron chi connectivity index (χ3n) is 7.18. The van der Waals surface area contributed by atoms with Crippen LogP contribution in [-0.2, 0) is 21.2 Å². The van der Waals surface area contributed by atoms with Crippen molar-refractivity contribution in [2.75, 3.05) is 25.1 Å². The van der Waals surface area contributed by atoms with E-state index < -0.39 is 27.4 Å². The van der Waals surface area contributed by atoms with E-state index in [1.807, 2.05) is 12.1 Å². The molecular weight excluding hydrogens is 469 g/mol. The minimum atomic E-state index is -3.47. The molecule has 0 saturated carbocycles. The number of rotatable bonds is 9. The Morgan fingerprint density at radius 3 is 2.34 bits per heavy atom. The Morgan fingerprint density at radius 1 is 1.09 bits per heavy atom. The predicted molar refractivity (Wildman–Crippen MR) is 132 cm³/mol. The number of piperidine rings is 1. The maximum Gasteiger partial charge on any atom is 0.248 e. The Labute approximate surface area is 206 Å². The number of nitrogens with zero attached hydrogens (tertiary/aromatic N) is 2. The summed E-state index contributed by atoms with van der Waals surface area (Å²) in [7, 11) is -3.47. The number of amides is 2. The third-order valence-corrected chi connectivity index (χ3v) is 7.95. The van der Waals surface area contributed by atoms with Gasteiger partial charge in [-0.25, -0.2) is 12.8 Å². The van der Waals surface area contributed by atoms with Crippen LogP contribution in [0.25, 0.3) is 0 Å². The number of hydrogen-bond donors (Lipinski definition) is 1. The Morgan fingerprint density at radius 2 is 1.74 bits per heavy atom. The van der Waals surface area contributed by atoms with Crippen molar-refractivity contribution in [2.24, 2.45) is 5.73 Å². The van der Waals surface area contributed by atoms with Crippen LogP contribution in [0.4, 0.5) is 4.39 Å². The van der Waals surface area contributed by atoms with Gasteiger partial charge in [0.2, 0.25) is 11.8 Å². The van der Waals surface area contributed by atoms with Gasteiger partial charge < -0.3 is 10.6 Å². The summed E-state index contributed by atoms with van der Waals surface area (Å²) < 4.78 is 36.8. The Bertz CT molecular complexity index is 1170. The molecule has 2 amide bonds. The molecule has 7 nitrogen and oxygen atoms in total. The van der Waals surface area contributed by atoms with Crippen LogP contribution in [0, 0.1) is 5.82 Å². The highest BCUT2D eigenvalue weighted by Crippen LogP contribution is 2.43. The summed E-state index contributed by atoms with van der Waals surface area (Å²) in [4.78, 5) is 28.4. The quantitative estimate of drug-likeness (QED) is 0.569. The van der Waals surface area contributed by atoms with Crippen molar-refractivity contribution in [3.63, 3.8) is 0 Å². The molecule has 9 heteroatoms. The number of primary amides is 1. The molecule has 35 heavy (non-hydrogen) atoms. The molecule has 2 N–H and O–H groups in total. The minimum Gasteiger partial charge on any atom is -0.366 e. The predicted octanol–water partition coefficient (Wildman–Crippen LogP) is 2.71. The average Bonchev–Trinajstić information content (AvgIpc) is 3.03. The summed E-state index contributed by atoms with van der Waals surface area (Å²) in [6.45, 7) is 1.29. The molecule has 2 aliphatic rings. The lowest BCUT2D eigenvalue weighted by molar-refractivity contribution is -0.129. The topological polar surface area (TPSA) is 101 Å². The molecule has 2 aromatic rings. The lowest BCUT2D eigenvalue weighted by Crippen LogP contribution is -2.47. The zero-order valence-corrected chi connectivity index (χ0v) is 20.7. The van der Waals surface area contributed by atoms with Gasteiger partial charge in [-0.1, -0.05) is 24.3 Å². The smallest absolute Gasteiger partial charge is 0.248 e. The van der Waals surface area contributed by atoms with Crippen LogP contribution in [0.15, 0.2) is 48.5 Å². The zero-order chi connectivity index (χ0) is 25.2. The summed E-state index contributed by atoms with van der Waals surface area (Å²) in [5, 5.41) is 0. The number of carbonyl (C=O) groups is 2. The van der Waals surface area contributed by atoms with E-state index in [4.69, 9.17) is 5.73 Å². The van der Waals surface area contributed by atoms with Gasteiger partial charge in [-0.3, -0.25) is 14.5 Å². The molecule has 4 rings (SSSR count). The maximum absolute atomic E-state index is 13.3. The lowest BCUT2D eigenvalue weighted by atomic mass is 9.84. The fourth-order valence-corrected chi connectivity index (χ4v) is 6.14. The highest BCUT2D eigenvalue weighted by atomic mass is 32.2. The Hall–Kier alpha value is -2.78. The van der Waals surface area contributed by atoms with Crippen LogP contribution in [0.3, 0.4) is 0 Å². The third kappa shape index (κ3) is 6.46. The molecule has 2 bridgehead atoms. The number of benzene rings is 2. The molecule has 0 aliphatic carbocycles. The normalized spacial score (nSPS) is 22.2. The molecule has 0 unspecified atom stereocenters. The standard InChI is InChI=1S/C26H32FN3O4S/c1-35(33,34)17-25(31)29(16-18-5-7-22(27)8-6-18)11-12-30-23-9-10-24(30)15-21(14-23)19-3-2-4-20(13-19)26(28)32/h2-8,13,21,23-24H,9-12,14-17H2,1H3,(H2,28,32)/t21-,23+,24-. The first kappa shape index (κ1) is 25.3. The van der Waals surface area contributed by atoms with Gasteiger partial charge in [-0.2, -0.15) is 0 Å². The molecule has 2 heterocycles. The van der Waals surface area contributed by atoms with Crippen LogP contribution in [0.1, 0.15) is 53.1 Å². The van der Waals surface area contributed by atoms with Crippen molar-refractivity contribution in [3.05, 3.63) is 71.0 Å². The summed E-state index contributed by atoms with van der Waals surface area (Å²) in [5.74, 6) is -1.41. The molecular formula is C26H32FN3O4S. The van der Waals surface area contributed by atoms with E-state index in [-0.39, 0.29) is 12.4 Å². The van der Waals surface area contributed by atoms with Gasteiger partial charge in [0.05, 0.1) is 0 Å². The number of halogens is 1. The van der Waals surface area contributed by atoms with E-state index in [0.29, 0.717) is 36.7 Å². The second-order valence-corrected chi connectivity index (χ2v) is 11.9. The number of fused-ring (bicyclic) bond motifs is 2. The van der Waals surface area contributed by atoms with Crippen LogP contribution < -0.4 is 5.73 Å². The number of sulfone groups is 1. The minimum absolute atomic E-state index is 0.236. The molecule has 0 spiro atoms. The van der Waals surface area contributed by atoms with E-state index in [0.717, 1.165) is 43.1 Å². The van der Waals surface area contributed by atoms with E-state index in [1.54, 1.807) is 23.1 Å². The molecule has 2 aliphatic heterocycles.